The molecule has 0 spiro atoms. The Labute approximate surface area is 77.3 Å². The number of benzene rings is 1. The van der Waals surface area contributed by atoms with Crippen LogP contribution in [-0.4, -0.2) is 11.5 Å². The second-order valence-corrected chi connectivity index (χ2v) is 3.47. The molecule has 0 atom stereocenters. The molecule has 66 valence electrons. The summed E-state index contributed by atoms with van der Waals surface area (Å²) in [4.78, 5) is 15.9. The van der Waals surface area contributed by atoms with Gasteiger partial charge in [-0.3, -0.25) is 9.79 Å². The predicted molar refractivity (Wildman–Crippen MR) is 52.9 cm³/mol. The van der Waals surface area contributed by atoms with Crippen LogP contribution in [-0.2, 0) is 0 Å². The van der Waals surface area contributed by atoms with Crippen LogP contribution in [0, 0.1) is 6.92 Å². The van der Waals surface area contributed by atoms with Crippen molar-refractivity contribution in [2.45, 2.75) is 20.3 Å². The van der Waals surface area contributed by atoms with Crippen molar-refractivity contribution in [1.82, 2.24) is 0 Å². The fourth-order valence-corrected chi connectivity index (χ4v) is 1.54. The molecule has 0 unspecified atom stereocenters. The van der Waals surface area contributed by atoms with Gasteiger partial charge >= 0.3 is 0 Å². The quantitative estimate of drug-likeness (QED) is 0.593. The minimum absolute atomic E-state index is 0.186. The summed E-state index contributed by atoms with van der Waals surface area (Å²) in [7, 11) is 0. The van der Waals surface area contributed by atoms with Gasteiger partial charge in [-0.25, -0.2) is 0 Å². The van der Waals surface area contributed by atoms with Gasteiger partial charge in [-0.05, 0) is 26.0 Å². The van der Waals surface area contributed by atoms with E-state index in [1.54, 1.807) is 0 Å². The highest BCUT2D eigenvalue weighted by atomic mass is 16.1. The van der Waals surface area contributed by atoms with Gasteiger partial charge in [-0.1, -0.05) is 11.6 Å². The summed E-state index contributed by atoms with van der Waals surface area (Å²) in [6, 6.07) is 5.80. The predicted octanol–water partition coefficient (Wildman–Crippen LogP) is 2.67. The topological polar surface area (TPSA) is 29.4 Å². The summed E-state index contributed by atoms with van der Waals surface area (Å²) in [5.41, 5.74) is 3.60. The zero-order valence-electron chi connectivity index (χ0n) is 7.79. The number of hydrogen-bond donors (Lipinski definition) is 0. The Bertz CT molecular complexity index is 405. The molecule has 0 saturated heterocycles. The maximum Gasteiger partial charge on any atom is 0.170 e. The van der Waals surface area contributed by atoms with Crippen LogP contribution in [0.1, 0.15) is 29.3 Å². The molecule has 2 rings (SSSR count). The molecule has 1 aromatic carbocycles. The summed E-state index contributed by atoms with van der Waals surface area (Å²) in [5, 5.41) is 0. The summed E-state index contributed by atoms with van der Waals surface area (Å²) in [5.74, 6) is 0.186. The van der Waals surface area contributed by atoms with Crippen molar-refractivity contribution < 1.29 is 4.79 Å². The molecule has 0 aliphatic carbocycles. The molecule has 1 aliphatic heterocycles. The van der Waals surface area contributed by atoms with Crippen LogP contribution in [0.5, 0.6) is 0 Å². The first-order valence-electron chi connectivity index (χ1n) is 4.35. The zero-order valence-corrected chi connectivity index (χ0v) is 7.79. The molecule has 0 radical (unpaired) electrons. The molecular weight excluding hydrogens is 162 g/mol. The number of hydrogen-bond acceptors (Lipinski definition) is 2. The molecule has 0 fully saturated rings. The van der Waals surface area contributed by atoms with Crippen LogP contribution in [0.4, 0.5) is 5.69 Å². The Morgan fingerprint density at radius 3 is 2.85 bits per heavy atom. The van der Waals surface area contributed by atoms with Gasteiger partial charge in [0.1, 0.15) is 0 Å². The summed E-state index contributed by atoms with van der Waals surface area (Å²) in [6.45, 7) is 3.87. The zero-order chi connectivity index (χ0) is 9.42. The number of rotatable bonds is 0. The van der Waals surface area contributed by atoms with Gasteiger partial charge in [0, 0.05) is 17.7 Å². The van der Waals surface area contributed by atoms with Gasteiger partial charge < -0.3 is 0 Å². The van der Waals surface area contributed by atoms with Gasteiger partial charge in [-0.2, -0.15) is 0 Å². The molecule has 1 aliphatic rings. The lowest BCUT2D eigenvalue weighted by Crippen LogP contribution is -2.10. The highest BCUT2D eigenvalue weighted by Gasteiger charge is 2.16. The van der Waals surface area contributed by atoms with Crippen LogP contribution < -0.4 is 0 Å². The van der Waals surface area contributed by atoms with E-state index in [4.69, 9.17) is 0 Å². The maximum absolute atomic E-state index is 11.6. The Morgan fingerprint density at radius 2 is 2.08 bits per heavy atom. The third-order valence-electron chi connectivity index (χ3n) is 2.18. The summed E-state index contributed by atoms with van der Waals surface area (Å²) < 4.78 is 0. The van der Waals surface area contributed by atoms with E-state index in [0.29, 0.717) is 6.42 Å². The van der Waals surface area contributed by atoms with Crippen LogP contribution in [0.3, 0.4) is 0 Å². The molecule has 0 N–H and O–H groups in total. The van der Waals surface area contributed by atoms with E-state index in [0.717, 1.165) is 22.5 Å². The minimum Gasteiger partial charge on any atom is -0.294 e. The normalized spacial score (nSPS) is 15.2. The number of carbonyl (C=O) groups is 1. The Kier molecular flexibility index (Phi) is 1.76. The Hall–Kier alpha value is -1.44. The van der Waals surface area contributed by atoms with E-state index >= 15 is 0 Å². The second-order valence-electron chi connectivity index (χ2n) is 3.47. The van der Waals surface area contributed by atoms with Gasteiger partial charge in [0.15, 0.2) is 5.78 Å². The summed E-state index contributed by atoms with van der Waals surface area (Å²) >= 11 is 0. The number of fused-ring (bicyclic) bond motifs is 1. The fourth-order valence-electron chi connectivity index (χ4n) is 1.54. The smallest absolute Gasteiger partial charge is 0.170 e. The minimum atomic E-state index is 0.186. The van der Waals surface area contributed by atoms with Crippen LogP contribution >= 0.6 is 0 Å². The largest absolute Gasteiger partial charge is 0.294 e. The number of aliphatic imine (C=N–C) groups is 1. The van der Waals surface area contributed by atoms with Crippen LogP contribution in [0.25, 0.3) is 0 Å². The molecule has 2 heteroatoms. The highest BCUT2D eigenvalue weighted by Crippen LogP contribution is 2.26. The van der Waals surface area contributed by atoms with Crippen molar-refractivity contribution in [2.75, 3.05) is 0 Å². The van der Waals surface area contributed by atoms with Gasteiger partial charge in [0.25, 0.3) is 0 Å². The second kappa shape index (κ2) is 2.80. The highest BCUT2D eigenvalue weighted by molar-refractivity contribution is 6.15. The molecule has 0 saturated carbocycles. The Balaban J connectivity index is 2.63. The van der Waals surface area contributed by atoms with E-state index < -0.39 is 0 Å². The number of Topliss-reactive ketones (excluding diaryl/α,β-unsaturated/α-hetero) is 1. The summed E-state index contributed by atoms with van der Waals surface area (Å²) in [6.07, 6.45) is 0.469. The van der Waals surface area contributed by atoms with Crippen molar-refractivity contribution in [3.05, 3.63) is 29.3 Å². The van der Waals surface area contributed by atoms with Crippen molar-refractivity contribution in [1.29, 1.82) is 0 Å². The average Bonchev–Trinajstić information content (AvgIpc) is 2.06. The van der Waals surface area contributed by atoms with Crippen LogP contribution in [0.15, 0.2) is 23.2 Å². The molecule has 13 heavy (non-hydrogen) atoms. The molecule has 1 heterocycles. The van der Waals surface area contributed by atoms with Gasteiger partial charge in [0.05, 0.1) is 5.69 Å². The van der Waals surface area contributed by atoms with Crippen molar-refractivity contribution in [3.8, 4) is 0 Å². The number of nitrogens with zero attached hydrogens (tertiary/aromatic N) is 1. The molecule has 2 nitrogen and oxygen atoms in total. The van der Waals surface area contributed by atoms with Crippen molar-refractivity contribution in [3.63, 3.8) is 0 Å². The number of aryl methyl sites for hydroxylation is 1. The van der Waals surface area contributed by atoms with E-state index in [2.05, 4.69) is 4.99 Å². The third-order valence-corrected chi connectivity index (χ3v) is 2.18. The monoisotopic (exact) mass is 173 g/mol. The van der Waals surface area contributed by atoms with E-state index in [1.807, 2.05) is 32.0 Å². The first-order valence-corrected chi connectivity index (χ1v) is 4.35. The van der Waals surface area contributed by atoms with Gasteiger partial charge in [0.2, 0.25) is 0 Å². The maximum atomic E-state index is 11.6. The lowest BCUT2D eigenvalue weighted by Gasteiger charge is -2.12. The number of carbonyl (C=O) groups excluding carboxylic acids is 1. The SMILES string of the molecule is CC1=Nc2ccc(C)cc2C(=O)C1. The molecule has 0 amide bonds. The fraction of sp³-hybridized carbons (Fsp3) is 0.273. The number of ketones is 1. The van der Waals surface area contributed by atoms with Crippen LogP contribution in [0.2, 0.25) is 0 Å². The average molecular weight is 173 g/mol. The first kappa shape index (κ1) is 8.17. The lowest BCUT2D eigenvalue weighted by atomic mass is 9.99. The molecule has 0 bridgehead atoms. The van der Waals surface area contributed by atoms with E-state index in [9.17, 15) is 4.79 Å². The Morgan fingerprint density at radius 1 is 1.31 bits per heavy atom. The first-order chi connectivity index (χ1) is 6.16. The lowest BCUT2D eigenvalue weighted by molar-refractivity contribution is 0.0999. The van der Waals surface area contributed by atoms with Gasteiger partial charge in [-0.15, -0.1) is 0 Å². The van der Waals surface area contributed by atoms with Crippen molar-refractivity contribution in [2.24, 2.45) is 4.99 Å². The van der Waals surface area contributed by atoms with E-state index in [1.165, 1.54) is 0 Å². The third kappa shape index (κ3) is 1.39. The van der Waals surface area contributed by atoms with Crippen molar-refractivity contribution >= 4 is 17.2 Å². The van der Waals surface area contributed by atoms with E-state index in [-0.39, 0.29) is 5.78 Å². The molecule has 1 aromatic rings. The standard InChI is InChI=1S/C11H11NO/c1-7-3-4-10-9(5-7)11(13)6-8(2)12-10/h3-5H,6H2,1-2H3. The molecular formula is C11H11NO. The molecule has 0 aromatic heterocycles.